The molecule has 2 rings (SSSR count). The van der Waals surface area contributed by atoms with E-state index in [-0.39, 0.29) is 17.9 Å². The molecule has 21 heavy (non-hydrogen) atoms. The lowest BCUT2D eigenvalue weighted by molar-refractivity contribution is 0.139. The average Bonchev–Trinajstić information content (AvgIpc) is 2.89. The van der Waals surface area contributed by atoms with Crippen LogP contribution in [0.15, 0.2) is 18.2 Å². The monoisotopic (exact) mass is 296 g/mol. The second kappa shape index (κ2) is 6.76. The largest absolute Gasteiger partial charge is 0.493 e. The van der Waals surface area contributed by atoms with Crippen LogP contribution in [0.5, 0.6) is 5.75 Å². The van der Waals surface area contributed by atoms with E-state index in [1.807, 2.05) is 6.92 Å². The molecule has 0 radical (unpaired) electrons. The topological polar surface area (TPSA) is 75.8 Å². The molecular formula is C15H21FN2O3. The van der Waals surface area contributed by atoms with Crippen LogP contribution in [-0.4, -0.2) is 35.3 Å². The van der Waals surface area contributed by atoms with Gasteiger partial charge in [-0.2, -0.15) is 0 Å². The fourth-order valence-corrected chi connectivity index (χ4v) is 2.58. The van der Waals surface area contributed by atoms with Gasteiger partial charge < -0.3 is 20.5 Å². The van der Waals surface area contributed by atoms with Crippen LogP contribution in [-0.2, 0) is 0 Å². The molecule has 2 atom stereocenters. The number of amides is 1. The van der Waals surface area contributed by atoms with Gasteiger partial charge in [-0.3, -0.25) is 0 Å². The number of hydrogen-bond donors (Lipinski definition) is 2. The van der Waals surface area contributed by atoms with E-state index in [1.165, 1.54) is 17.0 Å². The minimum absolute atomic E-state index is 0.0240. The molecule has 1 heterocycles. The van der Waals surface area contributed by atoms with E-state index in [9.17, 15) is 14.3 Å². The lowest BCUT2D eigenvalue weighted by atomic mass is 10.0. The Labute approximate surface area is 123 Å². The molecule has 6 heteroatoms. The van der Waals surface area contributed by atoms with E-state index in [0.29, 0.717) is 37.3 Å². The Morgan fingerprint density at radius 3 is 3.05 bits per heavy atom. The predicted octanol–water partition coefficient (Wildman–Crippen LogP) is 2.76. The lowest BCUT2D eigenvalue weighted by Crippen LogP contribution is -2.29. The summed E-state index contributed by atoms with van der Waals surface area (Å²) in [6.45, 7) is 2.78. The van der Waals surface area contributed by atoms with Crippen LogP contribution in [0.25, 0.3) is 0 Å². The average molecular weight is 296 g/mol. The van der Waals surface area contributed by atoms with Crippen molar-refractivity contribution in [1.29, 1.82) is 0 Å². The van der Waals surface area contributed by atoms with Crippen LogP contribution in [0.1, 0.15) is 37.8 Å². The minimum atomic E-state index is -0.983. The SMILES string of the molecule is C[C@@H](N)CCOc1ccc(F)cc1[C@H]1CCCN1C(=O)O. The number of carboxylic acid groups (broad SMARTS) is 1. The molecule has 3 N–H and O–H groups in total. The number of likely N-dealkylation sites (tertiary alicyclic amines) is 1. The molecule has 1 saturated heterocycles. The Bertz CT molecular complexity index is 508. The van der Waals surface area contributed by atoms with Crippen LogP contribution < -0.4 is 10.5 Å². The zero-order chi connectivity index (χ0) is 15.4. The van der Waals surface area contributed by atoms with Gasteiger partial charge in [-0.1, -0.05) is 0 Å². The van der Waals surface area contributed by atoms with Crippen molar-refractivity contribution in [1.82, 2.24) is 4.90 Å². The lowest BCUT2D eigenvalue weighted by Gasteiger charge is -2.24. The Hall–Kier alpha value is -1.82. The van der Waals surface area contributed by atoms with Gasteiger partial charge in [0.1, 0.15) is 11.6 Å². The summed E-state index contributed by atoms with van der Waals surface area (Å²) in [5.74, 6) is 0.150. The van der Waals surface area contributed by atoms with Crippen LogP contribution in [0.2, 0.25) is 0 Å². The first-order valence-electron chi connectivity index (χ1n) is 7.16. The number of ether oxygens (including phenoxy) is 1. The number of carbonyl (C=O) groups is 1. The van der Waals surface area contributed by atoms with Gasteiger partial charge in [-0.15, -0.1) is 0 Å². The first-order chi connectivity index (χ1) is 9.99. The summed E-state index contributed by atoms with van der Waals surface area (Å²) in [4.78, 5) is 12.6. The standard InChI is InChI=1S/C15H21FN2O3/c1-10(17)6-8-21-14-5-4-11(16)9-12(14)13-3-2-7-18(13)15(19)20/h4-5,9-10,13H,2-3,6-8,17H2,1H3,(H,19,20)/t10-,13-/m1/s1. The van der Waals surface area contributed by atoms with E-state index in [0.717, 1.165) is 6.42 Å². The Kier molecular flexibility index (Phi) is 5.01. The molecule has 0 aromatic heterocycles. The predicted molar refractivity (Wildman–Crippen MR) is 76.9 cm³/mol. The summed E-state index contributed by atoms with van der Waals surface area (Å²) < 4.78 is 19.2. The number of benzene rings is 1. The molecule has 0 unspecified atom stereocenters. The zero-order valence-corrected chi connectivity index (χ0v) is 12.1. The summed E-state index contributed by atoms with van der Waals surface area (Å²) in [5, 5.41) is 9.23. The highest BCUT2D eigenvalue weighted by Gasteiger charge is 2.32. The van der Waals surface area contributed by atoms with Crippen LogP contribution >= 0.6 is 0 Å². The number of rotatable bonds is 5. The number of halogens is 1. The summed E-state index contributed by atoms with van der Waals surface area (Å²) in [5.41, 5.74) is 6.27. The van der Waals surface area contributed by atoms with Crippen molar-refractivity contribution in [2.45, 2.75) is 38.3 Å². The first-order valence-corrected chi connectivity index (χ1v) is 7.16. The Balaban J connectivity index is 2.20. The molecule has 116 valence electrons. The molecule has 1 amide bonds. The van der Waals surface area contributed by atoms with Crippen LogP contribution in [0.4, 0.5) is 9.18 Å². The molecule has 1 aliphatic heterocycles. The van der Waals surface area contributed by atoms with Crippen molar-refractivity contribution in [3.63, 3.8) is 0 Å². The van der Waals surface area contributed by atoms with Crippen molar-refractivity contribution < 1.29 is 19.0 Å². The maximum Gasteiger partial charge on any atom is 0.407 e. The van der Waals surface area contributed by atoms with Gasteiger partial charge in [0.15, 0.2) is 0 Å². The third-order valence-corrected chi connectivity index (χ3v) is 3.66. The maximum absolute atomic E-state index is 13.5. The highest BCUT2D eigenvalue weighted by atomic mass is 19.1. The van der Waals surface area contributed by atoms with Crippen molar-refractivity contribution in [3.05, 3.63) is 29.6 Å². The highest BCUT2D eigenvalue weighted by molar-refractivity contribution is 5.66. The molecule has 1 aromatic carbocycles. The van der Waals surface area contributed by atoms with Gasteiger partial charge in [0.05, 0.1) is 12.6 Å². The van der Waals surface area contributed by atoms with Gasteiger partial charge in [-0.25, -0.2) is 9.18 Å². The van der Waals surface area contributed by atoms with Gasteiger partial charge >= 0.3 is 6.09 Å². The Morgan fingerprint density at radius 1 is 1.62 bits per heavy atom. The molecular weight excluding hydrogens is 275 g/mol. The van der Waals surface area contributed by atoms with Crippen LogP contribution in [0, 0.1) is 5.82 Å². The van der Waals surface area contributed by atoms with Gasteiger partial charge in [0.25, 0.3) is 0 Å². The molecule has 1 aliphatic rings. The van der Waals surface area contributed by atoms with Crippen molar-refractivity contribution in [3.8, 4) is 5.75 Å². The highest BCUT2D eigenvalue weighted by Crippen LogP contribution is 2.37. The third-order valence-electron chi connectivity index (χ3n) is 3.66. The quantitative estimate of drug-likeness (QED) is 0.876. The van der Waals surface area contributed by atoms with E-state index in [1.54, 1.807) is 6.07 Å². The van der Waals surface area contributed by atoms with Crippen LogP contribution in [0.3, 0.4) is 0 Å². The van der Waals surface area contributed by atoms with E-state index < -0.39 is 6.09 Å². The molecule has 0 aliphatic carbocycles. The number of nitrogens with two attached hydrogens (primary N) is 1. The number of hydrogen-bond acceptors (Lipinski definition) is 3. The zero-order valence-electron chi connectivity index (χ0n) is 12.1. The molecule has 1 fully saturated rings. The summed E-state index contributed by atoms with van der Waals surface area (Å²) in [7, 11) is 0. The fraction of sp³-hybridized carbons (Fsp3) is 0.533. The first kappa shape index (κ1) is 15.6. The second-order valence-corrected chi connectivity index (χ2v) is 5.43. The summed E-state index contributed by atoms with van der Waals surface area (Å²) >= 11 is 0. The van der Waals surface area contributed by atoms with Gasteiger partial charge in [0, 0.05) is 18.2 Å². The van der Waals surface area contributed by atoms with E-state index >= 15 is 0 Å². The van der Waals surface area contributed by atoms with Crippen molar-refractivity contribution in [2.75, 3.05) is 13.2 Å². The van der Waals surface area contributed by atoms with E-state index in [2.05, 4.69) is 0 Å². The van der Waals surface area contributed by atoms with Gasteiger partial charge in [-0.05, 0) is 44.4 Å². The molecule has 5 nitrogen and oxygen atoms in total. The second-order valence-electron chi connectivity index (χ2n) is 5.43. The summed E-state index contributed by atoms with van der Waals surface area (Å²) in [6, 6.07) is 3.93. The molecule has 0 spiro atoms. The number of nitrogens with zero attached hydrogens (tertiary/aromatic N) is 1. The molecule has 1 aromatic rings. The van der Waals surface area contributed by atoms with E-state index in [4.69, 9.17) is 10.5 Å². The summed E-state index contributed by atoms with van der Waals surface area (Å²) in [6.07, 6.45) is 1.15. The normalized spacial score (nSPS) is 19.6. The smallest absolute Gasteiger partial charge is 0.407 e. The molecule has 0 bridgehead atoms. The maximum atomic E-state index is 13.5. The minimum Gasteiger partial charge on any atom is -0.493 e. The van der Waals surface area contributed by atoms with Crippen molar-refractivity contribution >= 4 is 6.09 Å². The Morgan fingerprint density at radius 2 is 2.38 bits per heavy atom. The fourth-order valence-electron chi connectivity index (χ4n) is 2.58. The third kappa shape index (κ3) is 3.85. The van der Waals surface area contributed by atoms with Gasteiger partial charge in [0.2, 0.25) is 0 Å². The molecule has 0 saturated carbocycles. The van der Waals surface area contributed by atoms with Crippen molar-refractivity contribution in [2.24, 2.45) is 5.73 Å².